The number of carbonyl (C=O) groups excluding carboxylic acids is 2. The fraction of sp³-hybridized carbons (Fsp3) is 0.222. The molecule has 3 rings (SSSR count). The third-order valence-electron chi connectivity index (χ3n) is 4.03. The highest BCUT2D eigenvalue weighted by Crippen LogP contribution is 2.29. The van der Waals surface area contributed by atoms with E-state index in [1.807, 2.05) is 31.2 Å². The van der Waals surface area contributed by atoms with E-state index in [-0.39, 0.29) is 18.2 Å². The molecular weight excluding hydrogens is 347 g/mol. The molecule has 1 heterocycles. The average molecular weight is 363 g/mol. The van der Waals surface area contributed by atoms with Crippen LogP contribution in [0.1, 0.15) is 12.0 Å². The summed E-state index contributed by atoms with van der Waals surface area (Å²) in [5.41, 5.74) is 2.39. The van der Waals surface area contributed by atoms with E-state index >= 15 is 0 Å². The molecule has 2 amide bonds. The van der Waals surface area contributed by atoms with E-state index in [9.17, 15) is 9.59 Å². The molecule has 1 atom stereocenters. The lowest BCUT2D eigenvalue weighted by atomic mass is 10.1. The van der Waals surface area contributed by atoms with Gasteiger partial charge in [0.15, 0.2) is 0 Å². The Balaban J connectivity index is 1.73. The fourth-order valence-corrected chi connectivity index (χ4v) is 3.38. The van der Waals surface area contributed by atoms with Crippen molar-refractivity contribution in [3.05, 3.63) is 58.1 Å². The number of nitrogens with one attached hydrogen (secondary N) is 1. The maximum atomic E-state index is 12.5. The topological polar surface area (TPSA) is 49.4 Å². The average Bonchev–Trinajstić information content (AvgIpc) is 2.88. The molecule has 0 bridgehead atoms. The number of nitrogens with zero attached hydrogens (tertiary/aromatic N) is 1. The van der Waals surface area contributed by atoms with Crippen LogP contribution in [0.5, 0.6) is 0 Å². The maximum Gasteiger partial charge on any atom is 0.229 e. The van der Waals surface area contributed by atoms with Gasteiger partial charge in [0.05, 0.1) is 5.92 Å². The SMILES string of the molecule is Cc1ccccc1N1C[C@@H](C(=O)Nc2cc(Cl)cc(Cl)c2)CC1=O. The molecule has 1 aliphatic rings. The van der Waals surface area contributed by atoms with Crippen LogP contribution < -0.4 is 10.2 Å². The molecule has 124 valence electrons. The van der Waals surface area contributed by atoms with Crippen molar-refractivity contribution < 1.29 is 9.59 Å². The second-order valence-corrected chi connectivity index (χ2v) is 6.71. The van der Waals surface area contributed by atoms with Crippen molar-refractivity contribution in [3.8, 4) is 0 Å². The Labute approximate surface area is 150 Å². The second-order valence-electron chi connectivity index (χ2n) is 5.84. The molecule has 4 nitrogen and oxygen atoms in total. The zero-order valence-electron chi connectivity index (χ0n) is 13.1. The molecule has 0 saturated carbocycles. The van der Waals surface area contributed by atoms with E-state index in [4.69, 9.17) is 23.2 Å². The smallest absolute Gasteiger partial charge is 0.229 e. The van der Waals surface area contributed by atoms with Crippen LogP contribution >= 0.6 is 23.2 Å². The number of hydrogen-bond donors (Lipinski definition) is 1. The first-order chi connectivity index (χ1) is 11.4. The van der Waals surface area contributed by atoms with Crippen LogP contribution in [0.25, 0.3) is 0 Å². The summed E-state index contributed by atoms with van der Waals surface area (Å²) in [6.45, 7) is 2.31. The summed E-state index contributed by atoms with van der Waals surface area (Å²) in [4.78, 5) is 26.4. The van der Waals surface area contributed by atoms with Crippen molar-refractivity contribution in [1.82, 2.24) is 0 Å². The number of rotatable bonds is 3. The van der Waals surface area contributed by atoms with Gasteiger partial charge in [-0.25, -0.2) is 0 Å². The van der Waals surface area contributed by atoms with Crippen LogP contribution in [0.15, 0.2) is 42.5 Å². The largest absolute Gasteiger partial charge is 0.326 e. The number of hydrogen-bond acceptors (Lipinski definition) is 2. The summed E-state index contributed by atoms with van der Waals surface area (Å²) < 4.78 is 0. The molecule has 6 heteroatoms. The summed E-state index contributed by atoms with van der Waals surface area (Å²) in [5, 5.41) is 3.68. The number of halogens is 2. The van der Waals surface area contributed by atoms with E-state index in [0.717, 1.165) is 11.3 Å². The van der Waals surface area contributed by atoms with E-state index in [1.54, 1.807) is 23.1 Å². The van der Waals surface area contributed by atoms with Crippen molar-refractivity contribution in [2.45, 2.75) is 13.3 Å². The maximum absolute atomic E-state index is 12.5. The second kappa shape index (κ2) is 6.83. The summed E-state index contributed by atoms with van der Waals surface area (Å²) in [7, 11) is 0. The highest BCUT2D eigenvalue weighted by molar-refractivity contribution is 6.35. The molecule has 1 fully saturated rings. The van der Waals surface area contributed by atoms with Gasteiger partial charge in [-0.2, -0.15) is 0 Å². The van der Waals surface area contributed by atoms with Crippen LogP contribution in [-0.2, 0) is 9.59 Å². The fourth-order valence-electron chi connectivity index (χ4n) is 2.85. The monoisotopic (exact) mass is 362 g/mol. The minimum atomic E-state index is -0.408. The molecule has 1 N–H and O–H groups in total. The van der Waals surface area contributed by atoms with Crippen molar-refractivity contribution >= 4 is 46.4 Å². The first kappa shape index (κ1) is 16.8. The van der Waals surface area contributed by atoms with Gasteiger partial charge in [-0.05, 0) is 36.8 Å². The van der Waals surface area contributed by atoms with Gasteiger partial charge in [-0.1, -0.05) is 41.4 Å². The molecular formula is C18H16Cl2N2O2. The molecule has 0 aromatic heterocycles. The van der Waals surface area contributed by atoms with Gasteiger partial charge in [-0.3, -0.25) is 9.59 Å². The van der Waals surface area contributed by atoms with Crippen molar-refractivity contribution in [2.24, 2.45) is 5.92 Å². The van der Waals surface area contributed by atoms with Crippen LogP contribution in [0.3, 0.4) is 0 Å². The van der Waals surface area contributed by atoms with Gasteiger partial charge in [0.2, 0.25) is 11.8 Å². The first-order valence-corrected chi connectivity index (χ1v) is 8.32. The summed E-state index contributed by atoms with van der Waals surface area (Å²) in [5.74, 6) is -0.666. The number of aryl methyl sites for hydroxylation is 1. The Morgan fingerprint density at radius 3 is 2.50 bits per heavy atom. The van der Waals surface area contributed by atoms with Gasteiger partial charge in [-0.15, -0.1) is 0 Å². The minimum Gasteiger partial charge on any atom is -0.326 e. The first-order valence-electron chi connectivity index (χ1n) is 7.57. The molecule has 2 aromatic carbocycles. The number of carbonyl (C=O) groups is 2. The van der Waals surface area contributed by atoms with Gasteiger partial charge >= 0.3 is 0 Å². The predicted molar refractivity (Wildman–Crippen MR) is 96.7 cm³/mol. The molecule has 1 aliphatic heterocycles. The highest BCUT2D eigenvalue weighted by atomic mass is 35.5. The Morgan fingerprint density at radius 1 is 1.17 bits per heavy atom. The van der Waals surface area contributed by atoms with Crippen LogP contribution in [0, 0.1) is 12.8 Å². The summed E-state index contributed by atoms with van der Waals surface area (Å²) >= 11 is 11.9. The molecule has 0 spiro atoms. The minimum absolute atomic E-state index is 0.0476. The number of benzene rings is 2. The van der Waals surface area contributed by atoms with E-state index in [0.29, 0.717) is 22.3 Å². The van der Waals surface area contributed by atoms with E-state index in [1.165, 1.54) is 0 Å². The van der Waals surface area contributed by atoms with Gasteiger partial charge in [0.1, 0.15) is 0 Å². The third-order valence-corrected chi connectivity index (χ3v) is 4.47. The molecule has 24 heavy (non-hydrogen) atoms. The normalized spacial score (nSPS) is 17.2. The van der Waals surface area contributed by atoms with Gasteiger partial charge in [0.25, 0.3) is 0 Å². The molecule has 0 aliphatic carbocycles. The van der Waals surface area contributed by atoms with Gasteiger partial charge < -0.3 is 10.2 Å². The third kappa shape index (κ3) is 3.55. The Bertz CT molecular complexity index is 787. The number of para-hydroxylation sites is 1. The molecule has 2 aromatic rings. The standard InChI is InChI=1S/C18H16Cl2N2O2/c1-11-4-2-3-5-16(11)22-10-12(6-17(22)23)18(24)21-15-8-13(19)7-14(20)9-15/h2-5,7-9,12H,6,10H2,1H3,(H,21,24)/t12-/m0/s1. The van der Waals surface area contributed by atoms with E-state index < -0.39 is 5.92 Å². The van der Waals surface area contributed by atoms with Gasteiger partial charge in [0, 0.05) is 34.4 Å². The van der Waals surface area contributed by atoms with Crippen molar-refractivity contribution in [1.29, 1.82) is 0 Å². The molecule has 0 unspecified atom stereocenters. The van der Waals surface area contributed by atoms with Crippen LogP contribution in [-0.4, -0.2) is 18.4 Å². The lowest BCUT2D eigenvalue weighted by molar-refractivity contribution is -0.122. The molecule has 1 saturated heterocycles. The number of anilines is 2. The Morgan fingerprint density at radius 2 is 1.83 bits per heavy atom. The summed E-state index contributed by atoms with van der Waals surface area (Å²) in [6, 6.07) is 12.5. The van der Waals surface area contributed by atoms with Crippen molar-refractivity contribution in [2.75, 3.05) is 16.8 Å². The predicted octanol–water partition coefficient (Wildman–Crippen LogP) is 4.29. The lowest BCUT2D eigenvalue weighted by Gasteiger charge is -2.19. The van der Waals surface area contributed by atoms with Crippen LogP contribution in [0.2, 0.25) is 10.0 Å². The zero-order valence-corrected chi connectivity index (χ0v) is 14.6. The van der Waals surface area contributed by atoms with E-state index in [2.05, 4.69) is 5.32 Å². The summed E-state index contributed by atoms with van der Waals surface area (Å²) in [6.07, 6.45) is 0.189. The highest BCUT2D eigenvalue weighted by Gasteiger charge is 2.35. The zero-order chi connectivity index (χ0) is 17.3. The van der Waals surface area contributed by atoms with Crippen LogP contribution in [0.4, 0.5) is 11.4 Å². The Hall–Kier alpha value is -2.04. The quantitative estimate of drug-likeness (QED) is 0.884. The van der Waals surface area contributed by atoms with Crippen molar-refractivity contribution in [3.63, 3.8) is 0 Å². The lowest BCUT2D eigenvalue weighted by Crippen LogP contribution is -2.28. The Kier molecular flexibility index (Phi) is 4.78. The molecule has 0 radical (unpaired) electrons. The number of amides is 2.